The number of nitrogens with one attached hydrogen (secondary N) is 2. The molecule has 19 heavy (non-hydrogen) atoms. The maximum atomic E-state index is 12.3. The van der Waals surface area contributed by atoms with Crippen LogP contribution in [0.5, 0.6) is 0 Å². The molecule has 1 aromatic carbocycles. The number of nitrogens with zero attached hydrogens (tertiary/aromatic N) is 2. The van der Waals surface area contributed by atoms with Crippen molar-refractivity contribution in [1.29, 1.82) is 0 Å². The van der Waals surface area contributed by atoms with Crippen LogP contribution in [0.2, 0.25) is 0 Å². The number of carbonyl (C=O) groups is 1. The van der Waals surface area contributed by atoms with E-state index in [0.717, 1.165) is 16.6 Å². The van der Waals surface area contributed by atoms with Gasteiger partial charge in [0, 0.05) is 24.7 Å². The van der Waals surface area contributed by atoms with Crippen LogP contribution in [0.3, 0.4) is 0 Å². The van der Waals surface area contributed by atoms with Crippen molar-refractivity contribution in [3.8, 4) is 0 Å². The predicted octanol–water partition coefficient (Wildman–Crippen LogP) is 2.46. The zero-order valence-electron chi connectivity index (χ0n) is 10.8. The summed E-state index contributed by atoms with van der Waals surface area (Å²) in [6.07, 6.45) is 1.83. The molecule has 5 nitrogen and oxygen atoms in total. The summed E-state index contributed by atoms with van der Waals surface area (Å²) in [5, 5.41) is 8.10. The van der Waals surface area contributed by atoms with E-state index < -0.39 is 0 Å². The Kier molecular flexibility index (Phi) is 2.59. The standard InChI is InChI=1S/C14H14N4O/c1-9-8-12(18(2)17-9)16-14(19)11-5-3-4-10-6-7-15-13(10)11/h3-8,15H,1-2H3,(H,16,19). The second-order valence-corrected chi connectivity index (χ2v) is 4.50. The molecular weight excluding hydrogens is 240 g/mol. The second-order valence-electron chi connectivity index (χ2n) is 4.50. The molecule has 5 heteroatoms. The minimum Gasteiger partial charge on any atom is -0.361 e. The Hall–Kier alpha value is -2.56. The average Bonchev–Trinajstić information content (AvgIpc) is 2.95. The van der Waals surface area contributed by atoms with Crippen LogP contribution >= 0.6 is 0 Å². The quantitative estimate of drug-likeness (QED) is 0.738. The highest BCUT2D eigenvalue weighted by Crippen LogP contribution is 2.18. The first-order valence-electron chi connectivity index (χ1n) is 6.03. The van der Waals surface area contributed by atoms with Crippen LogP contribution in [0.15, 0.2) is 36.5 Å². The number of hydrogen-bond acceptors (Lipinski definition) is 2. The number of amides is 1. The molecule has 0 saturated heterocycles. The molecule has 0 fully saturated rings. The molecule has 2 aromatic heterocycles. The van der Waals surface area contributed by atoms with Crippen LogP contribution in [0.4, 0.5) is 5.82 Å². The summed E-state index contributed by atoms with van der Waals surface area (Å²) < 4.78 is 1.65. The monoisotopic (exact) mass is 254 g/mol. The van der Waals surface area contributed by atoms with Gasteiger partial charge in [-0.3, -0.25) is 9.48 Å². The van der Waals surface area contributed by atoms with Crippen molar-refractivity contribution in [3.63, 3.8) is 0 Å². The van der Waals surface area contributed by atoms with Gasteiger partial charge in [0.1, 0.15) is 5.82 Å². The second kappa shape index (κ2) is 4.28. The number of hydrogen-bond donors (Lipinski definition) is 2. The molecule has 0 aliphatic heterocycles. The van der Waals surface area contributed by atoms with Crippen LogP contribution < -0.4 is 5.32 Å². The average molecular weight is 254 g/mol. The summed E-state index contributed by atoms with van der Waals surface area (Å²) in [6, 6.07) is 9.43. The third-order valence-electron chi connectivity index (χ3n) is 3.08. The number of aromatic nitrogens is 3. The van der Waals surface area contributed by atoms with E-state index in [2.05, 4.69) is 15.4 Å². The number of para-hydroxylation sites is 1. The topological polar surface area (TPSA) is 62.7 Å². The van der Waals surface area contributed by atoms with Gasteiger partial charge in [-0.1, -0.05) is 12.1 Å². The van der Waals surface area contributed by atoms with Gasteiger partial charge in [-0.25, -0.2) is 0 Å². The van der Waals surface area contributed by atoms with Crippen molar-refractivity contribution >= 4 is 22.6 Å². The summed E-state index contributed by atoms with van der Waals surface area (Å²) in [6.45, 7) is 1.89. The number of anilines is 1. The number of aryl methyl sites for hydroxylation is 2. The van der Waals surface area contributed by atoms with E-state index in [9.17, 15) is 4.79 Å². The summed E-state index contributed by atoms with van der Waals surface area (Å²) in [5.41, 5.74) is 2.34. The van der Waals surface area contributed by atoms with Crippen molar-refractivity contribution in [2.75, 3.05) is 5.32 Å². The first kappa shape index (κ1) is 11.5. The minimum absolute atomic E-state index is 0.143. The third kappa shape index (κ3) is 1.99. The molecule has 0 aliphatic rings. The largest absolute Gasteiger partial charge is 0.361 e. The number of fused-ring (bicyclic) bond motifs is 1. The van der Waals surface area contributed by atoms with Crippen molar-refractivity contribution in [3.05, 3.63) is 47.8 Å². The fourth-order valence-corrected chi connectivity index (χ4v) is 2.19. The third-order valence-corrected chi connectivity index (χ3v) is 3.08. The zero-order chi connectivity index (χ0) is 13.4. The number of aromatic amines is 1. The van der Waals surface area contributed by atoms with Crippen molar-refractivity contribution < 1.29 is 4.79 Å². The van der Waals surface area contributed by atoms with E-state index in [1.165, 1.54) is 0 Å². The Bertz CT molecular complexity index is 754. The first-order valence-corrected chi connectivity index (χ1v) is 6.03. The fourth-order valence-electron chi connectivity index (χ4n) is 2.19. The van der Waals surface area contributed by atoms with Gasteiger partial charge in [0.05, 0.1) is 16.8 Å². The lowest BCUT2D eigenvalue weighted by atomic mass is 10.1. The first-order chi connectivity index (χ1) is 9.15. The summed E-state index contributed by atoms with van der Waals surface area (Å²) in [4.78, 5) is 15.4. The lowest BCUT2D eigenvalue weighted by molar-refractivity contribution is 0.102. The zero-order valence-corrected chi connectivity index (χ0v) is 10.8. The van der Waals surface area contributed by atoms with Crippen LogP contribution in [0.1, 0.15) is 16.1 Å². The minimum atomic E-state index is -0.143. The Morgan fingerprint density at radius 3 is 2.95 bits per heavy atom. The normalized spacial score (nSPS) is 10.8. The molecule has 3 aromatic rings. The highest BCUT2D eigenvalue weighted by Gasteiger charge is 2.12. The Morgan fingerprint density at radius 1 is 1.37 bits per heavy atom. The molecule has 0 spiro atoms. The molecule has 0 saturated carbocycles. The van der Waals surface area contributed by atoms with E-state index in [1.807, 2.05) is 37.4 Å². The summed E-state index contributed by atoms with van der Waals surface area (Å²) in [7, 11) is 1.80. The molecule has 2 N–H and O–H groups in total. The molecule has 0 bridgehead atoms. The van der Waals surface area contributed by atoms with Crippen LogP contribution in [-0.4, -0.2) is 20.7 Å². The molecule has 3 rings (SSSR count). The molecular formula is C14H14N4O. The van der Waals surface area contributed by atoms with Crippen molar-refractivity contribution in [2.45, 2.75) is 6.92 Å². The molecule has 1 amide bonds. The smallest absolute Gasteiger partial charge is 0.258 e. The van der Waals surface area contributed by atoms with Gasteiger partial charge >= 0.3 is 0 Å². The van der Waals surface area contributed by atoms with E-state index in [-0.39, 0.29) is 5.91 Å². The number of benzene rings is 1. The molecule has 96 valence electrons. The summed E-state index contributed by atoms with van der Waals surface area (Å²) >= 11 is 0. The Labute approximate surface area is 110 Å². The number of H-pyrrole nitrogens is 1. The maximum Gasteiger partial charge on any atom is 0.258 e. The van der Waals surface area contributed by atoms with Gasteiger partial charge in [0.25, 0.3) is 5.91 Å². The Balaban J connectivity index is 1.96. The maximum absolute atomic E-state index is 12.3. The van der Waals surface area contributed by atoms with E-state index in [4.69, 9.17) is 0 Å². The van der Waals surface area contributed by atoms with Gasteiger partial charge in [-0.05, 0) is 19.1 Å². The van der Waals surface area contributed by atoms with Gasteiger partial charge in [-0.15, -0.1) is 0 Å². The predicted molar refractivity (Wildman–Crippen MR) is 74.2 cm³/mol. The van der Waals surface area contributed by atoms with Gasteiger partial charge in [0.2, 0.25) is 0 Å². The van der Waals surface area contributed by atoms with Crippen molar-refractivity contribution in [1.82, 2.24) is 14.8 Å². The van der Waals surface area contributed by atoms with E-state index in [0.29, 0.717) is 11.4 Å². The van der Waals surface area contributed by atoms with Crippen molar-refractivity contribution in [2.24, 2.45) is 7.05 Å². The molecule has 2 heterocycles. The van der Waals surface area contributed by atoms with E-state index in [1.54, 1.807) is 17.8 Å². The molecule has 0 aliphatic carbocycles. The fraction of sp³-hybridized carbons (Fsp3) is 0.143. The van der Waals surface area contributed by atoms with E-state index >= 15 is 0 Å². The van der Waals surface area contributed by atoms with Gasteiger partial charge < -0.3 is 10.3 Å². The molecule has 0 radical (unpaired) electrons. The lowest BCUT2D eigenvalue weighted by Crippen LogP contribution is -2.14. The summed E-state index contributed by atoms with van der Waals surface area (Å²) in [5.74, 6) is 0.544. The lowest BCUT2D eigenvalue weighted by Gasteiger charge is -2.06. The van der Waals surface area contributed by atoms with Crippen LogP contribution in [-0.2, 0) is 7.05 Å². The highest BCUT2D eigenvalue weighted by atomic mass is 16.1. The van der Waals surface area contributed by atoms with Crippen LogP contribution in [0.25, 0.3) is 10.9 Å². The number of carbonyl (C=O) groups excluding carboxylic acids is 1. The van der Waals surface area contributed by atoms with Gasteiger partial charge in [0.15, 0.2) is 0 Å². The highest BCUT2D eigenvalue weighted by molar-refractivity contribution is 6.11. The SMILES string of the molecule is Cc1cc(NC(=O)c2cccc3cc[nH]c23)n(C)n1. The number of rotatable bonds is 2. The Morgan fingerprint density at radius 2 is 2.21 bits per heavy atom. The molecule has 0 atom stereocenters. The van der Waals surface area contributed by atoms with Crippen LogP contribution in [0, 0.1) is 6.92 Å². The van der Waals surface area contributed by atoms with Gasteiger partial charge in [-0.2, -0.15) is 5.10 Å². The molecule has 0 unspecified atom stereocenters.